The molecule has 3 rings (SSSR count). The molecule has 1 aromatic carbocycles. The molecule has 0 saturated heterocycles. The molecular formula is C15H10ClN5O4. The van der Waals surface area contributed by atoms with Crippen molar-refractivity contribution in [2.24, 2.45) is 0 Å². The monoisotopic (exact) mass is 359 g/mol. The molecule has 9 nitrogen and oxygen atoms in total. The fourth-order valence-electron chi connectivity index (χ4n) is 2.24. The maximum atomic E-state index is 11.6. The Labute approximate surface area is 144 Å². The van der Waals surface area contributed by atoms with E-state index >= 15 is 0 Å². The second-order valence-corrected chi connectivity index (χ2v) is 5.40. The van der Waals surface area contributed by atoms with Crippen LogP contribution in [0.4, 0.5) is 5.69 Å². The summed E-state index contributed by atoms with van der Waals surface area (Å²) in [5, 5.41) is 18.4. The van der Waals surface area contributed by atoms with Crippen molar-refractivity contribution in [2.75, 3.05) is 0 Å². The van der Waals surface area contributed by atoms with Gasteiger partial charge in [-0.2, -0.15) is 5.10 Å². The molecule has 0 aliphatic heterocycles. The van der Waals surface area contributed by atoms with E-state index in [0.717, 1.165) is 5.56 Å². The molecule has 10 heteroatoms. The molecule has 0 radical (unpaired) electrons. The Morgan fingerprint density at radius 1 is 1.12 bits per heavy atom. The predicted molar refractivity (Wildman–Crippen MR) is 92.3 cm³/mol. The molecular weight excluding hydrogens is 350 g/mol. The topological polar surface area (TPSA) is 138 Å². The van der Waals surface area contributed by atoms with Crippen molar-refractivity contribution in [3.05, 3.63) is 77.7 Å². The molecule has 2 aromatic heterocycles. The molecule has 3 N–H and O–H groups in total. The number of nitrogens with one attached hydrogen (secondary N) is 3. The number of hydrogen-bond donors (Lipinski definition) is 3. The molecule has 126 valence electrons. The summed E-state index contributed by atoms with van der Waals surface area (Å²) in [6.07, 6.45) is 4.29. The van der Waals surface area contributed by atoms with Gasteiger partial charge in [-0.15, -0.1) is 0 Å². The first kappa shape index (κ1) is 16.4. The van der Waals surface area contributed by atoms with Gasteiger partial charge in [0.2, 0.25) is 0 Å². The lowest BCUT2D eigenvalue weighted by molar-refractivity contribution is -0.386. The lowest BCUT2D eigenvalue weighted by Gasteiger charge is -2.00. The summed E-state index contributed by atoms with van der Waals surface area (Å²) >= 11 is 5.86. The first-order chi connectivity index (χ1) is 12.0. The van der Waals surface area contributed by atoms with Crippen LogP contribution in [-0.2, 0) is 0 Å². The molecule has 3 aromatic rings. The highest BCUT2D eigenvalue weighted by molar-refractivity contribution is 6.30. The number of nitrogens with zero attached hydrogens (tertiary/aromatic N) is 2. The number of aromatic nitrogens is 4. The molecule has 0 aliphatic rings. The first-order valence-corrected chi connectivity index (χ1v) is 7.32. The van der Waals surface area contributed by atoms with Crippen LogP contribution in [0.5, 0.6) is 0 Å². The number of halogens is 1. The fraction of sp³-hybridized carbons (Fsp3) is 0. The van der Waals surface area contributed by atoms with Gasteiger partial charge in [0.1, 0.15) is 5.69 Å². The summed E-state index contributed by atoms with van der Waals surface area (Å²) in [7, 11) is 0. The summed E-state index contributed by atoms with van der Waals surface area (Å²) in [6, 6.07) is 6.99. The van der Waals surface area contributed by atoms with Crippen molar-refractivity contribution in [3.63, 3.8) is 0 Å². The van der Waals surface area contributed by atoms with Gasteiger partial charge < -0.3 is 4.98 Å². The zero-order valence-corrected chi connectivity index (χ0v) is 13.2. The van der Waals surface area contributed by atoms with Crippen molar-refractivity contribution in [2.45, 2.75) is 0 Å². The molecule has 0 amide bonds. The van der Waals surface area contributed by atoms with Gasteiger partial charge in [-0.25, -0.2) is 4.79 Å². The average molecular weight is 360 g/mol. The highest BCUT2D eigenvalue weighted by Crippen LogP contribution is 2.24. The van der Waals surface area contributed by atoms with Crippen LogP contribution in [0.3, 0.4) is 0 Å². The zero-order valence-electron chi connectivity index (χ0n) is 12.4. The number of hydrogen-bond acceptors (Lipinski definition) is 5. The maximum absolute atomic E-state index is 11.6. The van der Waals surface area contributed by atoms with Gasteiger partial charge in [0, 0.05) is 16.1 Å². The van der Waals surface area contributed by atoms with Crippen LogP contribution in [0.2, 0.25) is 5.02 Å². The number of nitro groups is 1. The second kappa shape index (κ2) is 6.57. The normalized spacial score (nSPS) is 11.1. The predicted octanol–water partition coefficient (Wildman–Crippen LogP) is 2.19. The number of benzene rings is 1. The number of rotatable bonds is 4. The largest absolute Gasteiger partial charge is 0.357 e. The number of aromatic amines is 3. The van der Waals surface area contributed by atoms with E-state index in [9.17, 15) is 19.7 Å². The Morgan fingerprint density at radius 2 is 1.84 bits per heavy atom. The molecule has 0 bridgehead atoms. The highest BCUT2D eigenvalue weighted by Gasteiger charge is 2.19. The first-order valence-electron chi connectivity index (χ1n) is 6.94. The summed E-state index contributed by atoms with van der Waals surface area (Å²) in [4.78, 5) is 37.2. The Kier molecular flexibility index (Phi) is 4.31. The van der Waals surface area contributed by atoms with E-state index in [1.54, 1.807) is 24.3 Å². The molecule has 25 heavy (non-hydrogen) atoms. The van der Waals surface area contributed by atoms with E-state index in [1.165, 1.54) is 18.3 Å². The van der Waals surface area contributed by atoms with Crippen LogP contribution in [0, 0.1) is 10.1 Å². The van der Waals surface area contributed by atoms with Crippen LogP contribution in [0.1, 0.15) is 11.3 Å². The standard InChI is InChI=1S/C15H10ClN5O4/c16-10-4-1-8(2-5-10)12-9(7-17-20-12)3-6-11-13(21(24)25)14(22)19-15(23)18-11/h1-7H,(H,17,20)(H2,18,19,22,23)/b6-3+. The second-order valence-electron chi connectivity index (χ2n) is 4.97. The van der Waals surface area contributed by atoms with E-state index in [0.29, 0.717) is 16.3 Å². The van der Waals surface area contributed by atoms with Crippen molar-refractivity contribution in [3.8, 4) is 11.3 Å². The van der Waals surface area contributed by atoms with Crippen molar-refractivity contribution < 1.29 is 4.92 Å². The van der Waals surface area contributed by atoms with Gasteiger partial charge in [-0.3, -0.25) is 25.0 Å². The lowest BCUT2D eigenvalue weighted by atomic mass is 10.1. The molecule has 2 heterocycles. The quantitative estimate of drug-likeness (QED) is 0.484. The van der Waals surface area contributed by atoms with E-state index < -0.39 is 21.9 Å². The van der Waals surface area contributed by atoms with E-state index in [-0.39, 0.29) is 5.69 Å². The average Bonchev–Trinajstić information content (AvgIpc) is 3.01. The molecule has 0 atom stereocenters. The third kappa shape index (κ3) is 3.40. The van der Waals surface area contributed by atoms with Gasteiger partial charge in [0.25, 0.3) is 0 Å². The van der Waals surface area contributed by atoms with Crippen molar-refractivity contribution >= 4 is 29.4 Å². The highest BCUT2D eigenvalue weighted by atomic mass is 35.5. The Hall–Kier alpha value is -3.46. The third-order valence-corrected chi connectivity index (χ3v) is 3.61. The molecule has 0 unspecified atom stereocenters. The van der Waals surface area contributed by atoms with E-state index in [4.69, 9.17) is 11.6 Å². The minimum Gasteiger partial charge on any atom is -0.301 e. The van der Waals surface area contributed by atoms with E-state index in [1.807, 2.05) is 4.98 Å². The molecule has 0 saturated carbocycles. The van der Waals surface area contributed by atoms with Crippen LogP contribution in [0.15, 0.2) is 40.1 Å². The summed E-state index contributed by atoms with van der Waals surface area (Å²) in [5.74, 6) is 0. The Balaban J connectivity index is 2.04. The van der Waals surface area contributed by atoms with Crippen LogP contribution >= 0.6 is 11.6 Å². The SMILES string of the molecule is O=c1[nH]c(/C=C/c2cn[nH]c2-c2ccc(Cl)cc2)c([N+](=O)[O-])c(=O)[nH]1. The van der Waals surface area contributed by atoms with Gasteiger partial charge in [0.15, 0.2) is 0 Å². The summed E-state index contributed by atoms with van der Waals surface area (Å²) < 4.78 is 0. The van der Waals surface area contributed by atoms with Crippen LogP contribution < -0.4 is 11.2 Å². The Bertz CT molecular complexity index is 1080. The number of H-pyrrole nitrogens is 3. The summed E-state index contributed by atoms with van der Waals surface area (Å²) in [6.45, 7) is 0. The van der Waals surface area contributed by atoms with Crippen molar-refractivity contribution in [1.29, 1.82) is 0 Å². The third-order valence-electron chi connectivity index (χ3n) is 3.36. The fourth-order valence-corrected chi connectivity index (χ4v) is 2.37. The van der Waals surface area contributed by atoms with E-state index in [2.05, 4.69) is 15.2 Å². The van der Waals surface area contributed by atoms with Gasteiger partial charge in [-0.05, 0) is 24.3 Å². The van der Waals surface area contributed by atoms with Crippen molar-refractivity contribution in [1.82, 2.24) is 20.2 Å². The van der Waals surface area contributed by atoms with Gasteiger partial charge in [0.05, 0.1) is 16.8 Å². The maximum Gasteiger partial charge on any atom is 0.357 e. The minimum atomic E-state index is -1.07. The molecule has 0 aliphatic carbocycles. The van der Waals surface area contributed by atoms with Gasteiger partial charge in [-0.1, -0.05) is 23.7 Å². The Morgan fingerprint density at radius 3 is 2.52 bits per heavy atom. The lowest BCUT2D eigenvalue weighted by Crippen LogP contribution is -2.25. The zero-order chi connectivity index (χ0) is 18.0. The molecule has 0 fully saturated rings. The van der Waals surface area contributed by atoms with Gasteiger partial charge >= 0.3 is 16.9 Å². The summed E-state index contributed by atoms with van der Waals surface area (Å²) in [5.41, 5.74) is -0.788. The van der Waals surface area contributed by atoms with Crippen LogP contribution in [-0.4, -0.2) is 25.1 Å². The molecule has 0 spiro atoms. The smallest absolute Gasteiger partial charge is 0.301 e. The minimum absolute atomic E-state index is 0.206. The van der Waals surface area contributed by atoms with Crippen LogP contribution in [0.25, 0.3) is 23.4 Å².